The first-order valence-electron chi connectivity index (χ1n) is 7.51. The Morgan fingerprint density at radius 1 is 1.29 bits per heavy atom. The second-order valence-corrected chi connectivity index (χ2v) is 7.29. The predicted octanol–water partition coefficient (Wildman–Crippen LogP) is 0.661. The van der Waals surface area contributed by atoms with Gasteiger partial charge in [0.05, 0.1) is 6.10 Å². The van der Waals surface area contributed by atoms with Crippen molar-refractivity contribution in [1.82, 2.24) is 0 Å². The highest BCUT2D eigenvalue weighted by molar-refractivity contribution is 7.67. The molecule has 2 saturated heterocycles. The molecule has 2 aliphatic rings. The lowest BCUT2D eigenvalue weighted by atomic mass is 9.67. The lowest BCUT2D eigenvalue weighted by Crippen LogP contribution is -2.65. The van der Waals surface area contributed by atoms with Gasteiger partial charge in [0.2, 0.25) is 0 Å². The number of ether oxygens (including phenoxy) is 3. The summed E-state index contributed by atoms with van der Waals surface area (Å²) in [6, 6.07) is 0. The highest BCUT2D eigenvalue weighted by Crippen LogP contribution is 2.58. The van der Waals surface area contributed by atoms with Crippen LogP contribution in [-0.4, -0.2) is 49.9 Å². The van der Waals surface area contributed by atoms with E-state index < -0.39 is 52.4 Å². The van der Waals surface area contributed by atoms with E-state index in [2.05, 4.69) is 6.58 Å². The molecule has 4 unspecified atom stereocenters. The smallest absolute Gasteiger partial charge is 0.345 e. The van der Waals surface area contributed by atoms with Crippen LogP contribution in [0.2, 0.25) is 0 Å². The van der Waals surface area contributed by atoms with Crippen LogP contribution in [0.1, 0.15) is 40.5 Å². The van der Waals surface area contributed by atoms with Crippen LogP contribution in [0, 0.1) is 0 Å². The molecule has 24 heavy (non-hydrogen) atoms. The van der Waals surface area contributed by atoms with Gasteiger partial charge >= 0.3 is 11.9 Å². The van der Waals surface area contributed by atoms with E-state index in [4.69, 9.17) is 18.4 Å². The first kappa shape index (κ1) is 18.9. The summed E-state index contributed by atoms with van der Waals surface area (Å²) in [5.41, 5.74) is -3.46. The van der Waals surface area contributed by atoms with Gasteiger partial charge in [0.15, 0.2) is 17.8 Å². The minimum atomic E-state index is -3.17. The monoisotopic (exact) mass is 362 g/mol. The standard InChI is InChI=1S/C15H22O8S/c1-9(2)12(17)20-8-11(16)22-15(5)13(3)7-6-10(21-13)14(15,4)23-24(18)19/h10,24H,1,6-8H2,2-5H3. The number of rotatable bonds is 6. The highest BCUT2D eigenvalue weighted by atomic mass is 32.2. The van der Waals surface area contributed by atoms with E-state index in [1.165, 1.54) is 6.92 Å². The fourth-order valence-electron chi connectivity index (χ4n) is 3.42. The molecular weight excluding hydrogens is 340 g/mol. The summed E-state index contributed by atoms with van der Waals surface area (Å²) in [5, 5.41) is 0. The Morgan fingerprint density at radius 3 is 2.46 bits per heavy atom. The van der Waals surface area contributed by atoms with Gasteiger partial charge in [-0.15, -0.1) is 0 Å². The molecule has 0 aromatic carbocycles. The van der Waals surface area contributed by atoms with Crippen molar-refractivity contribution in [3.8, 4) is 0 Å². The number of hydrogen-bond acceptors (Lipinski definition) is 8. The fourth-order valence-corrected chi connectivity index (χ4v) is 4.03. The van der Waals surface area contributed by atoms with Crippen LogP contribution in [-0.2, 0) is 39.0 Å². The highest BCUT2D eigenvalue weighted by Gasteiger charge is 2.74. The summed E-state index contributed by atoms with van der Waals surface area (Å²) in [6.45, 7) is 9.12. The van der Waals surface area contributed by atoms with E-state index in [1.807, 2.05) is 0 Å². The Bertz CT molecular complexity index is 648. The zero-order valence-corrected chi connectivity index (χ0v) is 15.0. The number of carbonyl (C=O) groups is 2. The molecule has 0 aliphatic carbocycles. The fraction of sp³-hybridized carbons (Fsp3) is 0.733. The van der Waals surface area contributed by atoms with Crippen LogP contribution < -0.4 is 0 Å². The Morgan fingerprint density at radius 2 is 1.92 bits per heavy atom. The topological polar surface area (TPSA) is 105 Å². The first-order chi connectivity index (χ1) is 10.9. The Balaban J connectivity index is 2.19. The van der Waals surface area contributed by atoms with E-state index in [-0.39, 0.29) is 5.57 Å². The molecule has 8 nitrogen and oxygen atoms in total. The van der Waals surface area contributed by atoms with Crippen LogP contribution >= 0.6 is 0 Å². The maximum Gasteiger partial charge on any atom is 0.345 e. The second-order valence-electron chi connectivity index (χ2n) is 6.66. The van der Waals surface area contributed by atoms with Gasteiger partial charge < -0.3 is 14.2 Å². The van der Waals surface area contributed by atoms with E-state index in [0.29, 0.717) is 12.8 Å². The van der Waals surface area contributed by atoms with Crippen molar-refractivity contribution in [1.29, 1.82) is 0 Å². The Kier molecular flexibility index (Phi) is 4.82. The van der Waals surface area contributed by atoms with Crippen LogP contribution in [0.5, 0.6) is 0 Å². The van der Waals surface area contributed by atoms with Gasteiger partial charge in [-0.3, -0.25) is 4.18 Å². The van der Waals surface area contributed by atoms with Gasteiger partial charge in [-0.25, -0.2) is 18.0 Å². The molecule has 0 spiro atoms. The van der Waals surface area contributed by atoms with E-state index in [0.717, 1.165) is 0 Å². The summed E-state index contributed by atoms with van der Waals surface area (Å²) < 4.78 is 43.5. The summed E-state index contributed by atoms with van der Waals surface area (Å²) >= 11 is 0. The third-order valence-corrected chi connectivity index (χ3v) is 5.64. The molecule has 0 saturated carbocycles. The van der Waals surface area contributed by atoms with E-state index >= 15 is 0 Å². The molecule has 136 valence electrons. The number of hydrogen-bond donors (Lipinski definition) is 1. The second kappa shape index (κ2) is 6.12. The molecule has 0 aromatic rings. The molecule has 2 aliphatic heterocycles. The molecule has 0 aromatic heterocycles. The zero-order valence-electron chi connectivity index (χ0n) is 14.1. The average Bonchev–Trinajstić information content (AvgIpc) is 2.92. The van der Waals surface area contributed by atoms with Crippen molar-refractivity contribution in [2.45, 2.75) is 63.4 Å². The molecule has 2 rings (SSSR count). The van der Waals surface area contributed by atoms with Crippen molar-refractivity contribution in [2.75, 3.05) is 6.61 Å². The number of fused-ring (bicyclic) bond motifs is 2. The van der Waals surface area contributed by atoms with E-state index in [9.17, 15) is 18.0 Å². The quantitative estimate of drug-likeness (QED) is 0.417. The first-order valence-corrected chi connectivity index (χ1v) is 8.60. The van der Waals surface area contributed by atoms with Crippen molar-refractivity contribution in [2.24, 2.45) is 0 Å². The Labute approximate surface area is 142 Å². The maximum absolute atomic E-state index is 12.1. The molecule has 0 amide bonds. The van der Waals surface area contributed by atoms with Crippen molar-refractivity contribution in [3.63, 3.8) is 0 Å². The van der Waals surface area contributed by atoms with Gasteiger partial charge in [0.1, 0.15) is 5.60 Å². The lowest BCUT2D eigenvalue weighted by molar-refractivity contribution is -0.201. The molecule has 0 radical (unpaired) electrons. The molecule has 9 heteroatoms. The largest absolute Gasteiger partial charge is 0.451 e. The van der Waals surface area contributed by atoms with Crippen molar-refractivity contribution < 1.29 is 36.4 Å². The summed E-state index contributed by atoms with van der Waals surface area (Å²) in [7, 11) is -3.17. The third-order valence-electron chi connectivity index (χ3n) is 5.11. The van der Waals surface area contributed by atoms with E-state index in [1.54, 1.807) is 20.8 Å². The maximum atomic E-state index is 12.1. The number of thiol groups is 1. The zero-order chi connectivity index (χ0) is 18.3. The SMILES string of the molecule is C=C(C)C(=O)OCC(=O)OC1(C)C2(C)CCC(O2)C1(C)O[SH](=O)=O. The average molecular weight is 362 g/mol. The summed E-state index contributed by atoms with van der Waals surface area (Å²) in [6.07, 6.45) is 0.654. The molecular formula is C15H22O8S. The van der Waals surface area contributed by atoms with Crippen LogP contribution in [0.3, 0.4) is 0 Å². The predicted molar refractivity (Wildman–Crippen MR) is 82.6 cm³/mol. The minimum Gasteiger partial charge on any atom is -0.451 e. The van der Waals surface area contributed by atoms with Crippen molar-refractivity contribution in [3.05, 3.63) is 12.2 Å². The molecule has 4 atom stereocenters. The number of carbonyl (C=O) groups excluding carboxylic acids is 2. The molecule has 0 N–H and O–H groups in total. The van der Waals surface area contributed by atoms with Crippen LogP contribution in [0.4, 0.5) is 0 Å². The molecule has 2 fully saturated rings. The Hall–Kier alpha value is -1.45. The summed E-state index contributed by atoms with van der Waals surface area (Å²) in [4.78, 5) is 23.5. The molecule has 2 heterocycles. The third kappa shape index (κ3) is 2.84. The lowest BCUT2D eigenvalue weighted by Gasteiger charge is -2.47. The van der Waals surface area contributed by atoms with Gasteiger partial charge in [0.25, 0.3) is 11.0 Å². The van der Waals surface area contributed by atoms with Crippen LogP contribution in [0.15, 0.2) is 12.2 Å². The van der Waals surface area contributed by atoms with Gasteiger partial charge in [-0.1, -0.05) is 6.58 Å². The van der Waals surface area contributed by atoms with Gasteiger partial charge in [-0.2, -0.15) is 0 Å². The number of esters is 2. The summed E-state index contributed by atoms with van der Waals surface area (Å²) in [5.74, 6) is -1.53. The van der Waals surface area contributed by atoms with Gasteiger partial charge in [0, 0.05) is 5.57 Å². The van der Waals surface area contributed by atoms with Gasteiger partial charge in [-0.05, 0) is 40.5 Å². The van der Waals surface area contributed by atoms with Crippen molar-refractivity contribution >= 4 is 22.9 Å². The molecule has 2 bridgehead atoms. The minimum absolute atomic E-state index is 0.153. The normalized spacial score (nSPS) is 37.5. The van der Waals surface area contributed by atoms with Crippen LogP contribution in [0.25, 0.3) is 0 Å².